The van der Waals surface area contributed by atoms with E-state index in [4.69, 9.17) is 37.4 Å². The Morgan fingerprint density at radius 3 is 2.68 bits per heavy atom. The molecule has 3 aromatic rings. The smallest absolute Gasteiger partial charge is 0.410 e. The van der Waals surface area contributed by atoms with Gasteiger partial charge in [0.25, 0.3) is 0 Å². The number of hydrogen-bond donors (Lipinski definition) is 0. The number of fused-ring (bicyclic) bond motifs is 3. The number of hydrogen-bond acceptors (Lipinski definition) is 6. The van der Waals surface area contributed by atoms with Gasteiger partial charge in [-0.1, -0.05) is 35.3 Å². The van der Waals surface area contributed by atoms with Gasteiger partial charge in [-0.25, -0.2) is 14.2 Å². The Morgan fingerprint density at radius 1 is 1.21 bits per heavy atom. The Hall–Kier alpha value is -2.81. The topological polar surface area (TPSA) is 64.1 Å². The van der Waals surface area contributed by atoms with Crippen molar-refractivity contribution in [3.8, 4) is 22.8 Å². The van der Waals surface area contributed by atoms with Gasteiger partial charge >= 0.3 is 6.09 Å². The van der Waals surface area contributed by atoms with Crippen LogP contribution in [-0.4, -0.2) is 65.9 Å². The molecule has 5 rings (SSSR count). The van der Waals surface area contributed by atoms with Crippen LogP contribution in [0.2, 0.25) is 10.0 Å². The Balaban J connectivity index is 1.53. The number of piperazine rings is 1. The van der Waals surface area contributed by atoms with Crippen LogP contribution in [0.1, 0.15) is 31.9 Å². The summed E-state index contributed by atoms with van der Waals surface area (Å²) in [5.74, 6) is 0.293. The fraction of sp³-hybridized carbons (Fsp3) is 0.429. The van der Waals surface area contributed by atoms with E-state index in [1.165, 1.54) is 19.4 Å². The first-order chi connectivity index (χ1) is 18.0. The summed E-state index contributed by atoms with van der Waals surface area (Å²) in [5, 5.41) is 1.88. The Labute approximate surface area is 231 Å². The Morgan fingerprint density at radius 2 is 1.97 bits per heavy atom. The monoisotopic (exact) mass is 561 g/mol. The van der Waals surface area contributed by atoms with E-state index in [1.807, 2.05) is 39.8 Å². The van der Waals surface area contributed by atoms with Crippen LogP contribution in [0.3, 0.4) is 0 Å². The summed E-state index contributed by atoms with van der Waals surface area (Å²) in [6.07, 6.45) is 1.16. The van der Waals surface area contributed by atoms with Gasteiger partial charge in [0.1, 0.15) is 23.8 Å². The maximum atomic E-state index is 15.9. The van der Waals surface area contributed by atoms with Gasteiger partial charge < -0.3 is 19.1 Å². The highest BCUT2D eigenvalue weighted by molar-refractivity contribution is 6.37. The number of carbonyl (C=O) groups is 1. The van der Waals surface area contributed by atoms with Gasteiger partial charge in [-0.05, 0) is 39.3 Å². The fourth-order valence-electron chi connectivity index (χ4n) is 5.16. The van der Waals surface area contributed by atoms with Crippen molar-refractivity contribution in [2.24, 2.45) is 0 Å². The molecule has 1 fully saturated rings. The van der Waals surface area contributed by atoms with E-state index in [1.54, 1.807) is 4.90 Å². The minimum Gasteiger partial charge on any atom is -0.490 e. The minimum atomic E-state index is -0.575. The zero-order valence-electron chi connectivity index (χ0n) is 22.0. The van der Waals surface area contributed by atoms with Crippen LogP contribution in [0.25, 0.3) is 21.9 Å². The minimum absolute atomic E-state index is 0.0892. The van der Waals surface area contributed by atoms with Gasteiger partial charge in [0.2, 0.25) is 5.88 Å². The lowest BCUT2D eigenvalue weighted by atomic mass is 9.93. The van der Waals surface area contributed by atoms with Crippen LogP contribution in [0.5, 0.6) is 11.6 Å². The van der Waals surface area contributed by atoms with Crippen LogP contribution < -0.4 is 9.47 Å². The summed E-state index contributed by atoms with van der Waals surface area (Å²) in [6, 6.07) is 5.13. The van der Waals surface area contributed by atoms with Crippen molar-refractivity contribution in [3.05, 3.63) is 51.4 Å². The average molecular weight is 562 g/mol. The highest BCUT2D eigenvalue weighted by Crippen LogP contribution is 2.47. The first-order valence-corrected chi connectivity index (χ1v) is 13.2. The highest BCUT2D eigenvalue weighted by atomic mass is 35.5. The molecule has 0 saturated carbocycles. The average Bonchev–Trinajstić information content (AvgIpc) is 3.03. The lowest BCUT2D eigenvalue weighted by molar-refractivity contribution is -0.00154. The van der Waals surface area contributed by atoms with Crippen molar-refractivity contribution in [3.63, 3.8) is 0 Å². The molecular formula is C28H30Cl2FN3O4. The predicted octanol–water partition coefficient (Wildman–Crippen LogP) is 6.48. The summed E-state index contributed by atoms with van der Waals surface area (Å²) in [7, 11) is 1.51. The second-order valence-electron chi connectivity index (χ2n) is 10.7. The van der Waals surface area contributed by atoms with Gasteiger partial charge in [0.05, 0.1) is 34.8 Å². The normalized spacial score (nSPS) is 17.9. The SMILES string of the molecule is COc1ncc(Cl)c2ccc(C)c(-c3c(F)cc4c(c3Cl)OC[C@H]3CN(C(=O)OC(C)(C)C)CCN3C4)c12. The number of aromatic nitrogens is 1. The number of pyridine rings is 1. The summed E-state index contributed by atoms with van der Waals surface area (Å²) in [4.78, 5) is 20.9. The molecule has 1 saturated heterocycles. The van der Waals surface area contributed by atoms with Crippen LogP contribution >= 0.6 is 23.2 Å². The van der Waals surface area contributed by atoms with Crippen LogP contribution in [0.15, 0.2) is 24.4 Å². The number of methoxy groups -OCH3 is 1. The standard InChI is InChI=1S/C28H30Cl2FN3O4/c1-15-6-7-18-19(29)11-32-26(36-5)22(18)21(15)23-20(31)10-16-12-33-8-9-34(27(35)38-28(2,3)4)13-17(33)14-37-25(16)24(23)30/h6-7,10-11,17H,8-9,12-14H2,1-5H3/t17-/m1/s1. The molecule has 2 aromatic carbocycles. The van der Waals surface area contributed by atoms with E-state index in [2.05, 4.69) is 9.88 Å². The predicted molar refractivity (Wildman–Crippen MR) is 146 cm³/mol. The van der Waals surface area contributed by atoms with Crippen molar-refractivity contribution in [1.29, 1.82) is 0 Å². The van der Waals surface area contributed by atoms with Crippen molar-refractivity contribution < 1.29 is 23.4 Å². The number of amides is 1. The quantitative estimate of drug-likeness (QED) is 0.357. The van der Waals surface area contributed by atoms with Crippen LogP contribution in [0, 0.1) is 12.7 Å². The second kappa shape index (κ2) is 10.1. The third-order valence-corrected chi connectivity index (χ3v) is 7.59. The molecule has 3 heterocycles. The molecule has 202 valence electrons. The molecule has 0 unspecified atom stereocenters. The number of ether oxygens (including phenoxy) is 3. The Bertz CT molecular complexity index is 1430. The maximum Gasteiger partial charge on any atom is 0.410 e. The molecular weight excluding hydrogens is 532 g/mol. The van der Waals surface area contributed by atoms with Gasteiger partial charge in [-0.2, -0.15) is 0 Å². The molecule has 0 bridgehead atoms. The third-order valence-electron chi connectivity index (χ3n) is 6.92. The molecule has 10 heteroatoms. The maximum absolute atomic E-state index is 15.9. The largest absolute Gasteiger partial charge is 0.490 e. The second-order valence-corrected chi connectivity index (χ2v) is 11.5. The molecule has 2 aliphatic heterocycles. The van der Waals surface area contributed by atoms with Crippen LogP contribution in [-0.2, 0) is 11.3 Å². The van der Waals surface area contributed by atoms with E-state index in [9.17, 15) is 4.79 Å². The molecule has 2 aliphatic rings. The van der Waals surface area contributed by atoms with Gasteiger partial charge in [0.15, 0.2) is 0 Å². The summed E-state index contributed by atoms with van der Waals surface area (Å²) >= 11 is 13.4. The van der Waals surface area contributed by atoms with E-state index >= 15 is 4.39 Å². The number of carbonyl (C=O) groups excluding carboxylic acids is 1. The third kappa shape index (κ3) is 4.85. The number of benzene rings is 2. The summed E-state index contributed by atoms with van der Waals surface area (Å²) in [6.45, 7) is 9.72. The molecule has 0 N–H and O–H groups in total. The number of halogens is 3. The van der Waals surface area contributed by atoms with E-state index < -0.39 is 11.4 Å². The Kier molecular flexibility index (Phi) is 7.09. The summed E-state index contributed by atoms with van der Waals surface area (Å²) in [5.41, 5.74) is 1.64. The molecule has 0 aliphatic carbocycles. The molecule has 0 spiro atoms. The van der Waals surface area contributed by atoms with Crippen LogP contribution in [0.4, 0.5) is 9.18 Å². The van der Waals surface area contributed by atoms with E-state index in [-0.39, 0.29) is 22.7 Å². The fourth-order valence-corrected chi connectivity index (χ4v) is 5.72. The lowest BCUT2D eigenvalue weighted by Crippen LogP contribution is -2.56. The summed E-state index contributed by atoms with van der Waals surface area (Å²) < 4.78 is 33.2. The molecule has 1 aromatic heterocycles. The van der Waals surface area contributed by atoms with Crippen molar-refractivity contribution in [2.45, 2.75) is 45.9 Å². The number of rotatable bonds is 2. The van der Waals surface area contributed by atoms with E-state index in [0.29, 0.717) is 71.3 Å². The zero-order valence-corrected chi connectivity index (χ0v) is 23.5. The lowest BCUT2D eigenvalue weighted by Gasteiger charge is -2.40. The zero-order chi connectivity index (χ0) is 27.4. The molecule has 38 heavy (non-hydrogen) atoms. The molecule has 1 atom stereocenters. The molecule has 0 radical (unpaired) electrons. The number of aryl methyl sites for hydroxylation is 1. The number of nitrogens with zero attached hydrogens (tertiary/aromatic N) is 3. The van der Waals surface area contributed by atoms with Gasteiger partial charge in [-0.3, -0.25) is 4.90 Å². The molecule has 1 amide bonds. The van der Waals surface area contributed by atoms with Crippen molar-refractivity contribution in [1.82, 2.24) is 14.8 Å². The first kappa shape index (κ1) is 26.8. The van der Waals surface area contributed by atoms with Gasteiger partial charge in [0, 0.05) is 48.3 Å². The van der Waals surface area contributed by atoms with E-state index in [0.717, 1.165) is 5.56 Å². The van der Waals surface area contributed by atoms with Gasteiger partial charge in [-0.15, -0.1) is 0 Å². The first-order valence-electron chi connectivity index (χ1n) is 12.5. The van der Waals surface area contributed by atoms with Crippen molar-refractivity contribution >= 4 is 40.1 Å². The molecule has 7 nitrogen and oxygen atoms in total. The van der Waals surface area contributed by atoms with Crippen molar-refractivity contribution in [2.75, 3.05) is 33.4 Å². The highest BCUT2D eigenvalue weighted by Gasteiger charge is 2.36.